The number of fused-ring (bicyclic) bond motifs is 1. The van der Waals surface area contributed by atoms with Crippen LogP contribution < -0.4 is 10.2 Å². The van der Waals surface area contributed by atoms with Gasteiger partial charge in [0, 0.05) is 38.2 Å². The summed E-state index contributed by atoms with van der Waals surface area (Å²) >= 11 is 0. The summed E-state index contributed by atoms with van der Waals surface area (Å²) in [5, 5.41) is 3.35. The number of rotatable bonds is 1. The van der Waals surface area contributed by atoms with Crippen LogP contribution >= 0.6 is 0 Å². The fourth-order valence-electron chi connectivity index (χ4n) is 2.88. The maximum Gasteiger partial charge on any atom is 0.251 e. The zero-order valence-electron chi connectivity index (χ0n) is 10.4. The van der Waals surface area contributed by atoms with Gasteiger partial charge in [-0.15, -0.1) is 0 Å². The van der Waals surface area contributed by atoms with E-state index >= 15 is 0 Å². The fourth-order valence-corrected chi connectivity index (χ4v) is 2.88. The molecule has 1 aromatic rings. The predicted molar refractivity (Wildman–Crippen MR) is 68.2 cm³/mol. The van der Waals surface area contributed by atoms with Crippen molar-refractivity contribution in [2.75, 3.05) is 24.5 Å². The molecule has 0 spiro atoms. The summed E-state index contributed by atoms with van der Waals surface area (Å²) in [7, 11) is 0. The van der Waals surface area contributed by atoms with Crippen molar-refractivity contribution in [3.63, 3.8) is 0 Å². The van der Waals surface area contributed by atoms with Crippen molar-refractivity contribution in [3.8, 4) is 0 Å². The average Bonchev–Trinajstić information content (AvgIpc) is 2.38. The molecule has 1 aromatic carbocycles. The molecule has 0 unspecified atom stereocenters. The van der Waals surface area contributed by atoms with Gasteiger partial charge in [0.2, 0.25) is 0 Å². The highest BCUT2D eigenvalue weighted by Crippen LogP contribution is 2.33. The Morgan fingerprint density at radius 1 is 1.17 bits per heavy atom. The molecule has 2 aliphatic rings. The van der Waals surface area contributed by atoms with Crippen LogP contribution in [0.4, 0.5) is 14.5 Å². The highest BCUT2D eigenvalue weighted by atomic mass is 19.3. The van der Waals surface area contributed by atoms with E-state index < -0.39 is 5.92 Å². The van der Waals surface area contributed by atoms with Gasteiger partial charge < -0.3 is 10.2 Å². The summed E-state index contributed by atoms with van der Waals surface area (Å²) in [6, 6.07) is 6.24. The van der Waals surface area contributed by atoms with Gasteiger partial charge in [0.05, 0.1) is 0 Å². The van der Waals surface area contributed by atoms with Crippen LogP contribution in [0.1, 0.15) is 24.0 Å². The molecule has 0 saturated carbocycles. The molecule has 98 valence electrons. The molecule has 2 aliphatic heterocycles. The van der Waals surface area contributed by atoms with Crippen LogP contribution in [-0.2, 0) is 13.0 Å². The van der Waals surface area contributed by atoms with E-state index in [-0.39, 0.29) is 12.8 Å². The minimum absolute atomic E-state index is 0.0189. The zero-order valence-corrected chi connectivity index (χ0v) is 10.4. The number of piperidine rings is 1. The smallest absolute Gasteiger partial charge is 0.251 e. The Hall–Kier alpha value is -1.16. The molecule has 3 rings (SSSR count). The molecule has 18 heavy (non-hydrogen) atoms. The monoisotopic (exact) mass is 252 g/mol. The molecule has 1 N–H and O–H groups in total. The molecule has 1 fully saturated rings. The number of hydrogen-bond donors (Lipinski definition) is 1. The number of alkyl halides is 2. The molecule has 0 bridgehead atoms. The van der Waals surface area contributed by atoms with Gasteiger partial charge in [-0.3, -0.25) is 0 Å². The Kier molecular flexibility index (Phi) is 2.98. The van der Waals surface area contributed by atoms with Crippen molar-refractivity contribution in [2.24, 2.45) is 0 Å². The first-order valence-corrected chi connectivity index (χ1v) is 6.60. The molecule has 0 atom stereocenters. The molecule has 4 heteroatoms. The highest BCUT2D eigenvalue weighted by Gasteiger charge is 2.34. The van der Waals surface area contributed by atoms with Gasteiger partial charge in [0.15, 0.2) is 0 Å². The number of anilines is 1. The van der Waals surface area contributed by atoms with Crippen LogP contribution in [-0.4, -0.2) is 25.6 Å². The Morgan fingerprint density at radius 2 is 1.94 bits per heavy atom. The molecule has 0 amide bonds. The SMILES string of the molecule is FC1(F)CCN(c2cccc3c2CCNC3)CC1. The van der Waals surface area contributed by atoms with Gasteiger partial charge in [0.25, 0.3) is 5.92 Å². The van der Waals surface area contributed by atoms with E-state index in [4.69, 9.17) is 0 Å². The molecular formula is C14H18F2N2. The van der Waals surface area contributed by atoms with Crippen LogP contribution in [0, 0.1) is 0 Å². The fraction of sp³-hybridized carbons (Fsp3) is 0.571. The van der Waals surface area contributed by atoms with E-state index in [9.17, 15) is 8.78 Å². The summed E-state index contributed by atoms with van der Waals surface area (Å²) in [5.41, 5.74) is 3.84. The van der Waals surface area contributed by atoms with E-state index in [0.717, 1.165) is 19.5 Å². The lowest BCUT2D eigenvalue weighted by molar-refractivity contribution is -0.0220. The first-order valence-electron chi connectivity index (χ1n) is 6.60. The summed E-state index contributed by atoms with van der Waals surface area (Å²) in [6.07, 6.45) is 0.961. The Balaban J connectivity index is 1.85. The lowest BCUT2D eigenvalue weighted by Crippen LogP contribution is -2.40. The number of hydrogen-bond acceptors (Lipinski definition) is 2. The van der Waals surface area contributed by atoms with Gasteiger partial charge in [-0.25, -0.2) is 8.78 Å². The molecular weight excluding hydrogens is 234 g/mol. The van der Waals surface area contributed by atoms with E-state index in [1.165, 1.54) is 16.8 Å². The van der Waals surface area contributed by atoms with Crippen molar-refractivity contribution in [1.29, 1.82) is 0 Å². The Bertz CT molecular complexity index is 435. The molecule has 0 aliphatic carbocycles. The van der Waals surface area contributed by atoms with Crippen molar-refractivity contribution in [3.05, 3.63) is 29.3 Å². The second-order valence-corrected chi connectivity index (χ2v) is 5.18. The van der Waals surface area contributed by atoms with Crippen molar-refractivity contribution in [2.45, 2.75) is 31.7 Å². The summed E-state index contributed by atoms with van der Waals surface area (Å²) in [6.45, 7) is 2.81. The summed E-state index contributed by atoms with van der Waals surface area (Å²) in [4.78, 5) is 2.13. The highest BCUT2D eigenvalue weighted by molar-refractivity contribution is 5.58. The van der Waals surface area contributed by atoms with Crippen molar-refractivity contribution in [1.82, 2.24) is 5.32 Å². The minimum atomic E-state index is -2.47. The van der Waals surface area contributed by atoms with Crippen LogP contribution in [0.25, 0.3) is 0 Å². The molecule has 2 nitrogen and oxygen atoms in total. The van der Waals surface area contributed by atoms with Gasteiger partial charge in [-0.2, -0.15) is 0 Å². The van der Waals surface area contributed by atoms with Crippen LogP contribution in [0.15, 0.2) is 18.2 Å². The third-order valence-electron chi connectivity index (χ3n) is 3.95. The Labute approximate surface area is 106 Å². The first-order chi connectivity index (χ1) is 8.66. The normalized spacial score (nSPS) is 22.7. The molecule has 1 saturated heterocycles. The van der Waals surface area contributed by atoms with E-state index in [1.54, 1.807) is 0 Å². The topological polar surface area (TPSA) is 15.3 Å². The summed E-state index contributed by atoms with van der Waals surface area (Å²) in [5.74, 6) is -2.47. The molecule has 0 aromatic heterocycles. The van der Waals surface area contributed by atoms with Crippen molar-refractivity contribution >= 4 is 5.69 Å². The molecule has 2 heterocycles. The van der Waals surface area contributed by atoms with Gasteiger partial charge in [-0.1, -0.05) is 12.1 Å². The van der Waals surface area contributed by atoms with Gasteiger partial charge in [-0.05, 0) is 30.2 Å². The predicted octanol–water partition coefficient (Wildman–Crippen LogP) is 2.57. The van der Waals surface area contributed by atoms with Gasteiger partial charge >= 0.3 is 0 Å². The van der Waals surface area contributed by atoms with Crippen molar-refractivity contribution < 1.29 is 8.78 Å². The van der Waals surface area contributed by atoms with E-state index in [2.05, 4.69) is 22.3 Å². The van der Waals surface area contributed by atoms with Crippen LogP contribution in [0.3, 0.4) is 0 Å². The van der Waals surface area contributed by atoms with Crippen LogP contribution in [0.2, 0.25) is 0 Å². The first kappa shape index (κ1) is 11.9. The lowest BCUT2D eigenvalue weighted by atomic mass is 9.96. The third-order valence-corrected chi connectivity index (χ3v) is 3.95. The minimum Gasteiger partial charge on any atom is -0.371 e. The lowest BCUT2D eigenvalue weighted by Gasteiger charge is -2.35. The third kappa shape index (κ3) is 2.21. The van der Waals surface area contributed by atoms with E-state index in [0.29, 0.717) is 13.1 Å². The molecule has 0 radical (unpaired) electrons. The standard InChI is InChI=1S/C14H18F2N2/c15-14(16)5-8-18(9-6-14)13-3-1-2-11-10-17-7-4-12(11)13/h1-3,17H,4-10H2. The van der Waals surface area contributed by atoms with Gasteiger partial charge in [0.1, 0.15) is 0 Å². The average molecular weight is 252 g/mol. The second kappa shape index (κ2) is 4.50. The quantitative estimate of drug-likeness (QED) is 0.826. The van der Waals surface area contributed by atoms with E-state index in [1.807, 2.05) is 6.07 Å². The second-order valence-electron chi connectivity index (χ2n) is 5.18. The Morgan fingerprint density at radius 3 is 2.72 bits per heavy atom. The number of nitrogens with zero attached hydrogens (tertiary/aromatic N) is 1. The maximum atomic E-state index is 13.2. The largest absolute Gasteiger partial charge is 0.371 e. The summed E-state index contributed by atoms with van der Waals surface area (Å²) < 4.78 is 26.4. The number of halogens is 2. The zero-order chi connectivity index (χ0) is 12.6. The number of benzene rings is 1. The van der Waals surface area contributed by atoms with Crippen LogP contribution in [0.5, 0.6) is 0 Å². The maximum absolute atomic E-state index is 13.2. The number of nitrogens with one attached hydrogen (secondary N) is 1.